The number of imidazole rings is 1. The lowest BCUT2D eigenvalue weighted by Gasteiger charge is -2.17. The Balaban J connectivity index is 1.68. The summed E-state index contributed by atoms with van der Waals surface area (Å²) in [5.74, 6) is 0.623. The van der Waals surface area contributed by atoms with Gasteiger partial charge in [0.25, 0.3) is 0 Å². The quantitative estimate of drug-likeness (QED) is 0.342. The number of hydrogen-bond donors (Lipinski definition) is 0. The number of rotatable bonds is 7. The minimum absolute atomic E-state index is 0.273. The molecule has 0 spiro atoms. The van der Waals surface area contributed by atoms with Gasteiger partial charge in [-0.3, -0.25) is 0 Å². The van der Waals surface area contributed by atoms with Crippen LogP contribution in [-0.2, 0) is 13.0 Å². The molecule has 1 aromatic heterocycles. The molecule has 4 rings (SSSR count). The lowest BCUT2D eigenvalue weighted by Crippen LogP contribution is -2.16. The molecular formula is C25H22ClF2N3O. The van der Waals surface area contributed by atoms with Crippen molar-refractivity contribution in [3.8, 4) is 11.4 Å². The van der Waals surface area contributed by atoms with Crippen LogP contribution < -0.4 is 9.64 Å². The number of anilines is 1. The molecule has 0 N–H and O–H groups in total. The van der Waals surface area contributed by atoms with Crippen molar-refractivity contribution in [2.45, 2.75) is 13.0 Å². The molecule has 0 fully saturated rings. The van der Waals surface area contributed by atoms with Crippen LogP contribution >= 0.6 is 11.6 Å². The second kappa shape index (κ2) is 9.40. The van der Waals surface area contributed by atoms with Crippen LogP contribution in [0.2, 0.25) is 5.02 Å². The van der Waals surface area contributed by atoms with Crippen LogP contribution in [0, 0.1) is 11.6 Å². The van der Waals surface area contributed by atoms with Crippen molar-refractivity contribution in [1.82, 2.24) is 9.55 Å². The molecule has 0 saturated carbocycles. The van der Waals surface area contributed by atoms with Crippen LogP contribution in [0.1, 0.15) is 17.1 Å². The molecule has 1 heterocycles. The van der Waals surface area contributed by atoms with Gasteiger partial charge in [-0.15, -0.1) is 0 Å². The van der Waals surface area contributed by atoms with Crippen molar-refractivity contribution < 1.29 is 13.5 Å². The first-order chi connectivity index (χ1) is 15.4. The summed E-state index contributed by atoms with van der Waals surface area (Å²) >= 11 is 6.07. The van der Waals surface area contributed by atoms with Crippen molar-refractivity contribution in [3.05, 3.63) is 107 Å². The van der Waals surface area contributed by atoms with Gasteiger partial charge in [0, 0.05) is 47.7 Å². The molecule has 0 unspecified atom stereocenters. The average Bonchev–Trinajstić information content (AvgIpc) is 3.17. The van der Waals surface area contributed by atoms with Gasteiger partial charge in [0.1, 0.15) is 23.2 Å². The highest BCUT2D eigenvalue weighted by atomic mass is 35.5. The SMILES string of the molecule is COc1cc(F)ccc1Cc1nc(CN(C)c2ccc(F)cc2)cn1-c1ccc(Cl)cc1. The van der Waals surface area contributed by atoms with E-state index in [0.717, 1.165) is 28.5 Å². The minimum Gasteiger partial charge on any atom is -0.496 e. The maximum atomic E-state index is 13.6. The number of hydrogen-bond acceptors (Lipinski definition) is 3. The summed E-state index contributed by atoms with van der Waals surface area (Å²) in [7, 11) is 3.45. The smallest absolute Gasteiger partial charge is 0.126 e. The first kappa shape index (κ1) is 21.8. The molecule has 4 nitrogen and oxygen atoms in total. The fourth-order valence-corrected chi connectivity index (χ4v) is 3.69. The molecule has 0 aliphatic carbocycles. The second-order valence-corrected chi connectivity index (χ2v) is 7.90. The molecule has 164 valence electrons. The van der Waals surface area contributed by atoms with Crippen molar-refractivity contribution in [3.63, 3.8) is 0 Å². The van der Waals surface area contributed by atoms with Crippen LogP contribution in [0.25, 0.3) is 5.69 Å². The molecule has 0 saturated heterocycles. The Morgan fingerprint density at radius 2 is 1.66 bits per heavy atom. The first-order valence-electron chi connectivity index (χ1n) is 10.0. The molecule has 3 aromatic carbocycles. The first-order valence-corrected chi connectivity index (χ1v) is 10.4. The number of methoxy groups -OCH3 is 1. The van der Waals surface area contributed by atoms with Crippen molar-refractivity contribution in [2.75, 3.05) is 19.1 Å². The number of aromatic nitrogens is 2. The van der Waals surface area contributed by atoms with Crippen LogP contribution in [0.5, 0.6) is 5.75 Å². The van der Waals surface area contributed by atoms with Gasteiger partial charge in [0.15, 0.2) is 0 Å². The van der Waals surface area contributed by atoms with Gasteiger partial charge in [0.2, 0.25) is 0 Å². The van der Waals surface area contributed by atoms with E-state index in [9.17, 15) is 8.78 Å². The molecule has 0 amide bonds. The van der Waals surface area contributed by atoms with Crippen LogP contribution in [0.4, 0.5) is 14.5 Å². The molecule has 32 heavy (non-hydrogen) atoms. The third-order valence-electron chi connectivity index (χ3n) is 5.20. The Bertz CT molecular complexity index is 1210. The molecule has 4 aromatic rings. The highest BCUT2D eigenvalue weighted by Gasteiger charge is 2.15. The summed E-state index contributed by atoms with van der Waals surface area (Å²) in [4.78, 5) is 6.85. The van der Waals surface area contributed by atoms with Gasteiger partial charge in [-0.1, -0.05) is 17.7 Å². The summed E-state index contributed by atoms with van der Waals surface area (Å²) < 4.78 is 34.3. The topological polar surface area (TPSA) is 30.3 Å². The number of halogens is 3. The van der Waals surface area contributed by atoms with Crippen LogP contribution in [0.15, 0.2) is 72.9 Å². The Kier molecular flexibility index (Phi) is 6.42. The summed E-state index contributed by atoms with van der Waals surface area (Å²) in [6.45, 7) is 0.528. The predicted octanol–water partition coefficient (Wildman–Crippen LogP) is 6.04. The highest BCUT2D eigenvalue weighted by Crippen LogP contribution is 2.25. The van der Waals surface area contributed by atoms with Crippen molar-refractivity contribution >= 4 is 17.3 Å². The fraction of sp³-hybridized carbons (Fsp3) is 0.160. The number of nitrogens with zero attached hydrogens (tertiary/aromatic N) is 3. The van der Waals surface area contributed by atoms with Crippen molar-refractivity contribution in [2.24, 2.45) is 0 Å². The van der Waals surface area contributed by atoms with E-state index < -0.39 is 0 Å². The van der Waals surface area contributed by atoms with Crippen molar-refractivity contribution in [1.29, 1.82) is 0 Å². The summed E-state index contributed by atoms with van der Waals surface area (Å²) in [6, 6.07) is 18.3. The normalized spacial score (nSPS) is 10.9. The molecule has 0 bridgehead atoms. The minimum atomic E-state index is -0.353. The third-order valence-corrected chi connectivity index (χ3v) is 5.45. The Morgan fingerprint density at radius 3 is 2.34 bits per heavy atom. The molecular weight excluding hydrogens is 432 g/mol. The molecule has 0 radical (unpaired) electrons. The molecule has 0 aliphatic heterocycles. The van der Waals surface area contributed by atoms with Crippen LogP contribution in [-0.4, -0.2) is 23.7 Å². The zero-order valence-corrected chi connectivity index (χ0v) is 18.5. The average molecular weight is 454 g/mol. The Morgan fingerprint density at radius 1 is 0.969 bits per heavy atom. The maximum absolute atomic E-state index is 13.6. The lowest BCUT2D eigenvalue weighted by atomic mass is 10.1. The largest absolute Gasteiger partial charge is 0.496 e. The van der Waals surface area contributed by atoms with Gasteiger partial charge >= 0.3 is 0 Å². The zero-order valence-electron chi connectivity index (χ0n) is 17.7. The van der Waals surface area contributed by atoms with E-state index in [1.165, 1.54) is 31.4 Å². The van der Waals surface area contributed by atoms with Gasteiger partial charge < -0.3 is 14.2 Å². The molecule has 0 aliphatic rings. The van der Waals surface area contributed by atoms with E-state index in [0.29, 0.717) is 23.7 Å². The lowest BCUT2D eigenvalue weighted by molar-refractivity contribution is 0.406. The fourth-order valence-electron chi connectivity index (χ4n) is 3.56. The monoisotopic (exact) mass is 453 g/mol. The van der Waals surface area contributed by atoms with E-state index in [2.05, 4.69) is 0 Å². The highest BCUT2D eigenvalue weighted by molar-refractivity contribution is 6.30. The van der Waals surface area contributed by atoms with E-state index in [1.807, 2.05) is 47.0 Å². The number of ether oxygens (including phenoxy) is 1. The summed E-state index contributed by atoms with van der Waals surface area (Å²) in [5, 5.41) is 0.645. The van der Waals surface area contributed by atoms with E-state index in [4.69, 9.17) is 21.3 Å². The Labute approximate surface area is 190 Å². The van der Waals surface area contributed by atoms with E-state index in [1.54, 1.807) is 18.2 Å². The number of benzene rings is 3. The standard InChI is InChI=1S/C25H22ClF2N3O/c1-30(22-11-7-19(27)8-12-22)15-21-16-31(23-9-4-18(26)5-10-23)25(29-21)13-17-3-6-20(28)14-24(17)32-2/h3-12,14,16H,13,15H2,1-2H3. The van der Waals surface area contributed by atoms with Gasteiger partial charge in [-0.05, 0) is 54.6 Å². The maximum Gasteiger partial charge on any atom is 0.126 e. The van der Waals surface area contributed by atoms with Crippen LogP contribution in [0.3, 0.4) is 0 Å². The third kappa shape index (κ3) is 4.92. The van der Waals surface area contributed by atoms with E-state index in [-0.39, 0.29) is 11.6 Å². The summed E-state index contributed by atoms with van der Waals surface area (Å²) in [5.41, 5.74) is 3.46. The zero-order chi connectivity index (χ0) is 22.7. The molecule has 7 heteroatoms. The Hall–Kier alpha value is -3.38. The van der Waals surface area contributed by atoms with Gasteiger partial charge in [-0.2, -0.15) is 0 Å². The summed E-state index contributed by atoms with van der Waals surface area (Å²) in [6.07, 6.45) is 2.42. The van der Waals surface area contributed by atoms with E-state index >= 15 is 0 Å². The van der Waals surface area contributed by atoms with Gasteiger partial charge in [0.05, 0.1) is 19.3 Å². The predicted molar refractivity (Wildman–Crippen MR) is 123 cm³/mol. The molecule has 0 atom stereocenters. The van der Waals surface area contributed by atoms with Gasteiger partial charge in [-0.25, -0.2) is 13.8 Å². The second-order valence-electron chi connectivity index (χ2n) is 7.46.